The van der Waals surface area contributed by atoms with Crippen molar-refractivity contribution in [2.75, 3.05) is 24.6 Å². The molecule has 0 amide bonds. The third kappa shape index (κ3) is 3.44. The third-order valence-corrected chi connectivity index (χ3v) is 4.97. The molecular weight excluding hydrogens is 190 g/mol. The van der Waals surface area contributed by atoms with Crippen molar-refractivity contribution in [1.82, 2.24) is 0 Å². The molecule has 0 spiro atoms. The summed E-state index contributed by atoms with van der Waals surface area (Å²) in [5.41, 5.74) is 0. The van der Waals surface area contributed by atoms with E-state index in [4.69, 9.17) is 9.88 Å². The maximum absolute atomic E-state index is 10.7. The van der Waals surface area contributed by atoms with E-state index in [9.17, 15) is 4.79 Å². The SMILES string of the molecule is COC(=O)OCS1(N)CCCCC1. The van der Waals surface area contributed by atoms with Crippen molar-refractivity contribution < 1.29 is 14.3 Å². The second kappa shape index (κ2) is 4.72. The Morgan fingerprint density at radius 2 is 2.00 bits per heavy atom. The van der Waals surface area contributed by atoms with Crippen LogP contribution in [0.5, 0.6) is 0 Å². The highest BCUT2D eigenvalue weighted by molar-refractivity contribution is 8.31. The van der Waals surface area contributed by atoms with Gasteiger partial charge in [0.05, 0.1) is 7.11 Å². The van der Waals surface area contributed by atoms with Crippen molar-refractivity contribution in [3.05, 3.63) is 0 Å². The fraction of sp³-hybridized carbons (Fsp3) is 0.875. The van der Waals surface area contributed by atoms with Crippen LogP contribution in [-0.2, 0) is 9.47 Å². The molecule has 0 aromatic heterocycles. The van der Waals surface area contributed by atoms with E-state index in [1.807, 2.05) is 0 Å². The third-order valence-electron chi connectivity index (χ3n) is 2.18. The summed E-state index contributed by atoms with van der Waals surface area (Å²) in [7, 11) is 0.139. The first-order chi connectivity index (χ1) is 6.16. The molecule has 1 aliphatic heterocycles. The van der Waals surface area contributed by atoms with Crippen LogP contribution in [0.2, 0.25) is 0 Å². The van der Waals surface area contributed by atoms with Crippen LogP contribution in [0.1, 0.15) is 19.3 Å². The largest absolute Gasteiger partial charge is 0.508 e. The molecule has 1 heterocycles. The summed E-state index contributed by atoms with van der Waals surface area (Å²) in [6.45, 7) is 0. The van der Waals surface area contributed by atoms with E-state index < -0.39 is 16.4 Å². The molecule has 0 bridgehead atoms. The Hall–Kier alpha value is -0.420. The predicted octanol–water partition coefficient (Wildman–Crippen LogP) is 1.59. The highest BCUT2D eigenvalue weighted by atomic mass is 32.3. The average Bonchev–Trinajstić information content (AvgIpc) is 2.15. The smallest absolute Gasteiger partial charge is 0.438 e. The Balaban J connectivity index is 2.28. The number of hydrogen-bond donors (Lipinski definition) is 1. The van der Waals surface area contributed by atoms with Crippen molar-refractivity contribution in [2.45, 2.75) is 19.3 Å². The van der Waals surface area contributed by atoms with E-state index in [0.29, 0.717) is 5.94 Å². The van der Waals surface area contributed by atoms with Crippen molar-refractivity contribution in [3.8, 4) is 0 Å². The van der Waals surface area contributed by atoms with Crippen LogP contribution in [0.15, 0.2) is 0 Å². The molecule has 0 aliphatic carbocycles. The van der Waals surface area contributed by atoms with Gasteiger partial charge in [-0.25, -0.2) is 4.79 Å². The molecule has 5 heteroatoms. The van der Waals surface area contributed by atoms with Crippen molar-refractivity contribution in [2.24, 2.45) is 5.14 Å². The summed E-state index contributed by atoms with van der Waals surface area (Å²) in [6.07, 6.45) is 2.96. The Bertz CT molecular complexity index is 180. The molecule has 1 aliphatic rings. The van der Waals surface area contributed by atoms with Crippen LogP contribution >= 0.6 is 10.2 Å². The second-order valence-electron chi connectivity index (χ2n) is 3.30. The summed E-state index contributed by atoms with van der Waals surface area (Å²) < 4.78 is 9.27. The molecule has 1 saturated heterocycles. The number of nitrogens with two attached hydrogens (primary N) is 1. The topological polar surface area (TPSA) is 61.5 Å². The van der Waals surface area contributed by atoms with E-state index in [-0.39, 0.29) is 0 Å². The maximum Gasteiger partial charge on any atom is 0.508 e. The zero-order valence-electron chi connectivity index (χ0n) is 7.95. The first-order valence-corrected chi connectivity index (χ1v) is 6.61. The van der Waals surface area contributed by atoms with Gasteiger partial charge in [-0.05, 0) is 24.3 Å². The van der Waals surface area contributed by atoms with Gasteiger partial charge in [0.2, 0.25) is 0 Å². The van der Waals surface area contributed by atoms with Crippen LogP contribution < -0.4 is 5.14 Å². The fourth-order valence-corrected chi connectivity index (χ4v) is 3.73. The first-order valence-electron chi connectivity index (χ1n) is 4.41. The monoisotopic (exact) mass is 207 g/mol. The molecule has 0 aromatic carbocycles. The number of carbonyl (C=O) groups excluding carboxylic acids is 1. The van der Waals surface area contributed by atoms with Crippen LogP contribution in [0.25, 0.3) is 0 Å². The predicted molar refractivity (Wildman–Crippen MR) is 53.7 cm³/mol. The van der Waals surface area contributed by atoms with Gasteiger partial charge >= 0.3 is 6.16 Å². The van der Waals surface area contributed by atoms with E-state index in [2.05, 4.69) is 4.74 Å². The molecule has 4 nitrogen and oxygen atoms in total. The Kier molecular flexibility index (Phi) is 3.87. The summed E-state index contributed by atoms with van der Waals surface area (Å²) in [4.78, 5) is 10.7. The molecule has 0 radical (unpaired) electrons. The number of ether oxygens (including phenoxy) is 2. The Labute approximate surface area is 80.2 Å². The molecule has 0 aromatic rings. The lowest BCUT2D eigenvalue weighted by Crippen LogP contribution is -2.27. The van der Waals surface area contributed by atoms with Crippen molar-refractivity contribution in [1.29, 1.82) is 0 Å². The highest BCUT2D eigenvalue weighted by Gasteiger charge is 2.23. The molecule has 0 atom stereocenters. The fourth-order valence-electron chi connectivity index (χ4n) is 1.40. The molecule has 13 heavy (non-hydrogen) atoms. The number of methoxy groups -OCH3 is 1. The van der Waals surface area contributed by atoms with E-state index in [1.165, 1.54) is 13.5 Å². The molecular formula is C8H17NO3S. The van der Waals surface area contributed by atoms with Crippen molar-refractivity contribution in [3.63, 3.8) is 0 Å². The number of rotatable bonds is 2. The Morgan fingerprint density at radius 3 is 2.54 bits per heavy atom. The minimum atomic E-state index is -1.17. The van der Waals surface area contributed by atoms with Crippen molar-refractivity contribution >= 4 is 16.4 Å². The highest BCUT2D eigenvalue weighted by Crippen LogP contribution is 2.44. The molecule has 2 N–H and O–H groups in total. The molecule has 1 fully saturated rings. The van der Waals surface area contributed by atoms with E-state index in [0.717, 1.165) is 24.3 Å². The lowest BCUT2D eigenvalue weighted by Gasteiger charge is -2.37. The van der Waals surface area contributed by atoms with Gasteiger partial charge in [0.1, 0.15) is 5.94 Å². The standard InChI is InChI=1S/C8H17NO3S/c1-11-8(10)12-7-13(9)5-3-2-4-6-13/h2-7,9H2,1H3. The maximum atomic E-state index is 10.7. The first kappa shape index (κ1) is 10.7. The van der Waals surface area contributed by atoms with Gasteiger partial charge in [-0.2, -0.15) is 10.2 Å². The van der Waals surface area contributed by atoms with Gasteiger partial charge in [-0.1, -0.05) is 6.42 Å². The second-order valence-corrected chi connectivity index (χ2v) is 6.57. The van der Waals surface area contributed by atoms with Gasteiger partial charge in [-0.3, -0.25) is 5.14 Å². The Morgan fingerprint density at radius 1 is 1.38 bits per heavy atom. The number of carbonyl (C=O) groups is 1. The van der Waals surface area contributed by atoms with Gasteiger partial charge in [0.15, 0.2) is 0 Å². The van der Waals surface area contributed by atoms with Gasteiger partial charge in [0, 0.05) is 0 Å². The van der Waals surface area contributed by atoms with Crippen LogP contribution in [0, 0.1) is 0 Å². The lowest BCUT2D eigenvalue weighted by atomic mass is 10.3. The summed E-state index contributed by atoms with van der Waals surface area (Å²) in [6, 6.07) is 0. The molecule has 0 unspecified atom stereocenters. The minimum Gasteiger partial charge on any atom is -0.438 e. The summed E-state index contributed by atoms with van der Waals surface area (Å²) in [5.74, 6) is 2.40. The van der Waals surface area contributed by atoms with Gasteiger partial charge in [-0.15, -0.1) is 0 Å². The summed E-state index contributed by atoms with van der Waals surface area (Å²) in [5, 5.41) is 6.11. The molecule has 1 rings (SSSR count). The zero-order valence-corrected chi connectivity index (χ0v) is 8.77. The van der Waals surface area contributed by atoms with E-state index in [1.54, 1.807) is 0 Å². The van der Waals surface area contributed by atoms with Gasteiger partial charge < -0.3 is 9.47 Å². The molecule has 0 saturated carbocycles. The molecule has 78 valence electrons. The number of hydrogen-bond acceptors (Lipinski definition) is 4. The van der Waals surface area contributed by atoms with Crippen LogP contribution in [0.4, 0.5) is 4.79 Å². The van der Waals surface area contributed by atoms with E-state index >= 15 is 0 Å². The van der Waals surface area contributed by atoms with Crippen LogP contribution in [0.3, 0.4) is 0 Å². The summed E-state index contributed by atoms with van der Waals surface area (Å²) >= 11 is 0. The normalized spacial score (nSPS) is 23.2. The minimum absolute atomic E-state index is 0.361. The quantitative estimate of drug-likeness (QED) is 0.698. The lowest BCUT2D eigenvalue weighted by molar-refractivity contribution is 0.0871. The zero-order chi connectivity index (χ0) is 9.73. The van der Waals surface area contributed by atoms with Crippen LogP contribution in [-0.4, -0.2) is 30.7 Å². The average molecular weight is 207 g/mol. The van der Waals surface area contributed by atoms with Gasteiger partial charge in [0.25, 0.3) is 0 Å².